The summed E-state index contributed by atoms with van der Waals surface area (Å²) in [4.78, 5) is 0. The normalized spacial score (nSPS) is 13.4. The molecule has 0 unspecified atom stereocenters. The van der Waals surface area contributed by atoms with E-state index >= 15 is 0 Å². The maximum absolute atomic E-state index is 13.4. The Morgan fingerprint density at radius 1 is 0.444 bits per heavy atom. The van der Waals surface area contributed by atoms with Crippen LogP contribution in [0.25, 0.3) is 0 Å². The average Bonchev–Trinajstić information content (AvgIpc) is 2.75. The van der Waals surface area contributed by atoms with E-state index in [0.29, 0.717) is 29.8 Å². The molecule has 13 heteroatoms. The molecule has 3 rings (SSSR count). The van der Waals surface area contributed by atoms with Gasteiger partial charge in [-0.05, 0) is 60.5 Å². The van der Waals surface area contributed by atoms with Crippen molar-refractivity contribution < 1.29 is 52.7 Å². The second kappa shape index (κ2) is 9.61. The summed E-state index contributed by atoms with van der Waals surface area (Å²) in [5, 5.41) is -1.35. The van der Waals surface area contributed by atoms with Gasteiger partial charge in [0.05, 0.1) is 22.3 Å². The zero-order chi connectivity index (χ0) is 27.1. The Labute approximate surface area is 197 Å². The van der Waals surface area contributed by atoms with Gasteiger partial charge in [0.25, 0.3) is 0 Å². The van der Waals surface area contributed by atoms with E-state index in [0.717, 1.165) is 0 Å². The highest BCUT2D eigenvalue weighted by Crippen LogP contribution is 2.45. The van der Waals surface area contributed by atoms with Crippen LogP contribution in [0.2, 0.25) is 0 Å². The standard InChI is InChI=1S/C23H13F12P/c24-20(25,26)14-6-15(21(27,28)29)9-18(8-14)36(12-13-4-2-1-3-5-13)19-10-16(22(30,31)32)7-17(11-19)23(33,34)35/h1-11H,12H2. The molecule has 0 aliphatic heterocycles. The van der Waals surface area contributed by atoms with E-state index in [1.165, 1.54) is 30.3 Å². The van der Waals surface area contributed by atoms with Crippen LogP contribution in [0, 0.1) is 0 Å². The number of alkyl halides is 12. The molecule has 36 heavy (non-hydrogen) atoms. The first-order chi connectivity index (χ1) is 16.4. The quantitative estimate of drug-likeness (QED) is 0.227. The average molecular weight is 548 g/mol. The molecule has 0 aliphatic rings. The van der Waals surface area contributed by atoms with Crippen LogP contribution < -0.4 is 10.6 Å². The Hall–Kier alpha value is -2.75. The van der Waals surface area contributed by atoms with Crippen LogP contribution in [-0.4, -0.2) is 0 Å². The first kappa shape index (κ1) is 27.8. The molecular formula is C23H13F12P. The Balaban J connectivity index is 2.34. The summed E-state index contributed by atoms with van der Waals surface area (Å²) in [6.45, 7) is 0. The first-order valence-electron chi connectivity index (χ1n) is 9.76. The van der Waals surface area contributed by atoms with E-state index in [4.69, 9.17) is 0 Å². The lowest BCUT2D eigenvalue weighted by molar-refractivity contribution is -0.144. The van der Waals surface area contributed by atoms with Crippen molar-refractivity contribution in [1.29, 1.82) is 0 Å². The van der Waals surface area contributed by atoms with E-state index in [-0.39, 0.29) is 12.1 Å². The molecule has 0 aromatic heterocycles. The molecule has 0 nitrogen and oxygen atoms in total. The largest absolute Gasteiger partial charge is 0.416 e. The molecular weight excluding hydrogens is 535 g/mol. The van der Waals surface area contributed by atoms with Gasteiger partial charge in [0, 0.05) is 6.16 Å². The monoisotopic (exact) mass is 548 g/mol. The second-order valence-electron chi connectivity index (χ2n) is 7.60. The maximum atomic E-state index is 13.4. The smallest absolute Gasteiger partial charge is 0.166 e. The second-order valence-corrected chi connectivity index (χ2v) is 9.80. The molecule has 0 spiro atoms. The van der Waals surface area contributed by atoms with Crippen LogP contribution >= 0.6 is 7.92 Å². The van der Waals surface area contributed by atoms with Gasteiger partial charge in [-0.15, -0.1) is 0 Å². The Morgan fingerprint density at radius 3 is 1.03 bits per heavy atom. The summed E-state index contributed by atoms with van der Waals surface area (Å²) in [6.07, 6.45) is -21.4. The van der Waals surface area contributed by atoms with Gasteiger partial charge in [0.2, 0.25) is 0 Å². The van der Waals surface area contributed by atoms with Crippen molar-refractivity contribution in [3.05, 3.63) is 94.5 Å². The van der Waals surface area contributed by atoms with Crippen LogP contribution in [0.5, 0.6) is 0 Å². The minimum atomic E-state index is -5.26. The minimum Gasteiger partial charge on any atom is -0.166 e. The third kappa shape index (κ3) is 6.72. The van der Waals surface area contributed by atoms with Gasteiger partial charge in [-0.2, -0.15) is 52.7 Å². The number of hydrogen-bond donors (Lipinski definition) is 0. The van der Waals surface area contributed by atoms with Crippen LogP contribution in [0.4, 0.5) is 52.7 Å². The van der Waals surface area contributed by atoms with E-state index < -0.39 is 71.7 Å². The molecule has 0 fully saturated rings. The summed E-state index contributed by atoms with van der Waals surface area (Å²) < 4.78 is 161. The van der Waals surface area contributed by atoms with E-state index in [2.05, 4.69) is 0 Å². The predicted molar refractivity (Wildman–Crippen MR) is 109 cm³/mol. The number of benzene rings is 3. The van der Waals surface area contributed by atoms with E-state index in [1.807, 2.05) is 0 Å². The number of rotatable bonds is 4. The molecule has 3 aromatic rings. The zero-order valence-corrected chi connectivity index (χ0v) is 18.4. The molecule has 0 radical (unpaired) electrons. The van der Waals surface area contributed by atoms with Crippen molar-refractivity contribution in [3.8, 4) is 0 Å². The number of hydrogen-bond acceptors (Lipinski definition) is 0. The summed E-state index contributed by atoms with van der Waals surface area (Å²) in [7, 11) is -2.58. The number of halogens is 12. The molecule has 0 amide bonds. The first-order valence-corrected chi connectivity index (χ1v) is 11.3. The van der Waals surface area contributed by atoms with Gasteiger partial charge >= 0.3 is 24.7 Å². The molecule has 194 valence electrons. The summed E-state index contributed by atoms with van der Waals surface area (Å²) >= 11 is 0. The van der Waals surface area contributed by atoms with Crippen molar-refractivity contribution in [1.82, 2.24) is 0 Å². The predicted octanol–water partition coefficient (Wildman–Crippen LogP) is 8.39. The lowest BCUT2D eigenvalue weighted by atomic mass is 10.1. The SMILES string of the molecule is FC(F)(F)c1cc(P(Cc2ccccc2)c2cc(C(F)(F)F)cc(C(F)(F)F)c2)cc(C(F)(F)F)c1. The molecule has 0 saturated carbocycles. The Morgan fingerprint density at radius 2 is 0.750 bits per heavy atom. The zero-order valence-electron chi connectivity index (χ0n) is 17.5. The van der Waals surface area contributed by atoms with Crippen LogP contribution in [0.3, 0.4) is 0 Å². The van der Waals surface area contributed by atoms with Gasteiger partial charge in [-0.1, -0.05) is 30.3 Å². The highest BCUT2D eigenvalue weighted by atomic mass is 31.1. The highest BCUT2D eigenvalue weighted by molar-refractivity contribution is 7.72. The fourth-order valence-corrected chi connectivity index (χ4v) is 5.71. The van der Waals surface area contributed by atoms with Gasteiger partial charge < -0.3 is 0 Å². The maximum Gasteiger partial charge on any atom is 0.416 e. The van der Waals surface area contributed by atoms with Gasteiger partial charge in [0.15, 0.2) is 0 Å². The van der Waals surface area contributed by atoms with Crippen molar-refractivity contribution in [2.24, 2.45) is 0 Å². The van der Waals surface area contributed by atoms with Crippen molar-refractivity contribution in [2.45, 2.75) is 30.9 Å². The third-order valence-electron chi connectivity index (χ3n) is 4.95. The Kier molecular flexibility index (Phi) is 7.43. The minimum absolute atomic E-state index is 0.160. The van der Waals surface area contributed by atoms with Crippen LogP contribution in [0.15, 0.2) is 66.7 Å². The molecule has 3 aromatic carbocycles. The van der Waals surface area contributed by atoms with Gasteiger partial charge in [-0.3, -0.25) is 0 Å². The fraction of sp³-hybridized carbons (Fsp3) is 0.217. The van der Waals surface area contributed by atoms with Crippen molar-refractivity contribution in [2.75, 3.05) is 0 Å². The molecule has 0 bridgehead atoms. The summed E-state index contributed by atoms with van der Waals surface area (Å²) in [5.41, 5.74) is -6.61. The van der Waals surface area contributed by atoms with Crippen LogP contribution in [0.1, 0.15) is 27.8 Å². The molecule has 0 N–H and O–H groups in total. The lowest BCUT2D eigenvalue weighted by Crippen LogP contribution is -2.22. The fourth-order valence-electron chi connectivity index (χ4n) is 3.29. The van der Waals surface area contributed by atoms with Gasteiger partial charge in [-0.25, -0.2) is 0 Å². The van der Waals surface area contributed by atoms with E-state index in [9.17, 15) is 52.7 Å². The molecule has 0 heterocycles. The van der Waals surface area contributed by atoms with Crippen molar-refractivity contribution in [3.63, 3.8) is 0 Å². The molecule has 0 saturated heterocycles. The summed E-state index contributed by atoms with van der Waals surface area (Å²) in [5.74, 6) is 0. The highest BCUT2D eigenvalue weighted by Gasteiger charge is 2.40. The Bertz CT molecular complexity index is 1060. The van der Waals surface area contributed by atoms with E-state index in [1.54, 1.807) is 0 Å². The topological polar surface area (TPSA) is 0 Å². The summed E-state index contributed by atoms with van der Waals surface area (Å²) in [6, 6.07) is 8.28. The van der Waals surface area contributed by atoms with Crippen LogP contribution in [-0.2, 0) is 30.9 Å². The molecule has 0 aliphatic carbocycles. The molecule has 0 atom stereocenters. The lowest BCUT2D eigenvalue weighted by Gasteiger charge is -2.24. The third-order valence-corrected chi connectivity index (χ3v) is 7.40. The van der Waals surface area contributed by atoms with Crippen molar-refractivity contribution >= 4 is 18.5 Å². The van der Waals surface area contributed by atoms with Gasteiger partial charge in [0.1, 0.15) is 0 Å².